The van der Waals surface area contributed by atoms with Gasteiger partial charge < -0.3 is 15.3 Å². The lowest BCUT2D eigenvalue weighted by Gasteiger charge is -2.17. The summed E-state index contributed by atoms with van der Waals surface area (Å²) in [6, 6.07) is 7.76. The van der Waals surface area contributed by atoms with Gasteiger partial charge in [-0.2, -0.15) is 5.10 Å². The number of thioether (sulfide) groups is 1. The number of nitrogens with zero attached hydrogens (tertiary/aromatic N) is 3. The van der Waals surface area contributed by atoms with Gasteiger partial charge in [-0.05, 0) is 17.7 Å². The minimum atomic E-state index is -0.0415. The Morgan fingerprint density at radius 3 is 2.80 bits per heavy atom. The van der Waals surface area contributed by atoms with Crippen LogP contribution in [0.4, 0.5) is 5.69 Å². The maximum absolute atomic E-state index is 11.0. The average Bonchev–Trinajstić information content (AvgIpc) is 2.85. The van der Waals surface area contributed by atoms with Crippen LogP contribution in [-0.2, 0) is 4.79 Å². The number of carbonyl (C=O) groups is 1. The second-order valence-electron chi connectivity index (χ2n) is 4.22. The van der Waals surface area contributed by atoms with E-state index in [1.807, 2.05) is 36.2 Å². The topological polar surface area (TPSA) is 77.3 Å². The molecule has 2 N–H and O–H groups in total. The standard InChI is InChI=1S/C13H16N4O2S/c1-17(6-7-18)11-4-2-10(3-5-11)8-14-16-13-15-12(19)9-20-13/h2-5,8,18H,6-7,9H2,1H3,(H,15,16,19). The fraction of sp³-hybridized carbons (Fsp3) is 0.308. The highest BCUT2D eigenvalue weighted by molar-refractivity contribution is 8.15. The zero-order chi connectivity index (χ0) is 14.4. The molecule has 1 aromatic rings. The smallest absolute Gasteiger partial charge is 0.236 e. The molecule has 0 saturated carbocycles. The van der Waals surface area contributed by atoms with E-state index in [0.717, 1.165) is 11.3 Å². The number of amides is 1. The van der Waals surface area contributed by atoms with Gasteiger partial charge in [-0.3, -0.25) is 4.79 Å². The Kier molecular flexibility index (Phi) is 5.14. The molecule has 1 aliphatic rings. The summed E-state index contributed by atoms with van der Waals surface area (Å²) >= 11 is 1.34. The van der Waals surface area contributed by atoms with Crippen molar-refractivity contribution in [2.24, 2.45) is 10.2 Å². The molecule has 0 spiro atoms. The Balaban J connectivity index is 1.95. The summed E-state index contributed by atoms with van der Waals surface area (Å²) < 4.78 is 0. The number of hydrogen-bond acceptors (Lipinski definition) is 6. The number of hydrogen-bond donors (Lipinski definition) is 2. The van der Waals surface area contributed by atoms with Crippen LogP contribution in [0.2, 0.25) is 0 Å². The highest BCUT2D eigenvalue weighted by atomic mass is 32.2. The Bertz CT molecular complexity index is 528. The number of benzene rings is 1. The predicted octanol–water partition coefficient (Wildman–Crippen LogP) is 0.668. The number of anilines is 1. The lowest BCUT2D eigenvalue weighted by atomic mass is 10.2. The molecule has 1 fully saturated rings. The molecule has 1 aliphatic heterocycles. The first-order valence-corrected chi connectivity index (χ1v) is 7.13. The highest BCUT2D eigenvalue weighted by Crippen LogP contribution is 2.13. The van der Waals surface area contributed by atoms with E-state index in [-0.39, 0.29) is 12.5 Å². The summed E-state index contributed by atoms with van der Waals surface area (Å²) in [6.07, 6.45) is 1.63. The monoisotopic (exact) mass is 292 g/mol. The van der Waals surface area contributed by atoms with Crippen molar-refractivity contribution in [3.63, 3.8) is 0 Å². The van der Waals surface area contributed by atoms with Crippen molar-refractivity contribution in [1.82, 2.24) is 5.32 Å². The van der Waals surface area contributed by atoms with Crippen molar-refractivity contribution in [3.8, 4) is 0 Å². The van der Waals surface area contributed by atoms with E-state index in [1.165, 1.54) is 11.8 Å². The van der Waals surface area contributed by atoms with Crippen LogP contribution < -0.4 is 10.2 Å². The largest absolute Gasteiger partial charge is 0.395 e. The number of nitrogens with one attached hydrogen (secondary N) is 1. The minimum Gasteiger partial charge on any atom is -0.395 e. The Hall–Kier alpha value is -1.86. The molecule has 0 bridgehead atoms. The zero-order valence-electron chi connectivity index (χ0n) is 11.1. The van der Waals surface area contributed by atoms with Crippen LogP contribution in [-0.4, -0.2) is 48.3 Å². The van der Waals surface area contributed by atoms with Crippen LogP contribution in [0.25, 0.3) is 0 Å². The zero-order valence-corrected chi connectivity index (χ0v) is 11.9. The lowest BCUT2D eigenvalue weighted by molar-refractivity contribution is -0.116. The van der Waals surface area contributed by atoms with Crippen LogP contribution in [0.5, 0.6) is 0 Å². The quantitative estimate of drug-likeness (QED) is 0.617. The molecule has 0 aliphatic carbocycles. The van der Waals surface area contributed by atoms with Gasteiger partial charge in [0, 0.05) is 19.3 Å². The fourth-order valence-electron chi connectivity index (χ4n) is 1.62. The van der Waals surface area contributed by atoms with Gasteiger partial charge in [0.1, 0.15) is 0 Å². The molecule has 0 unspecified atom stereocenters. The van der Waals surface area contributed by atoms with Crippen LogP contribution in [0.3, 0.4) is 0 Å². The lowest BCUT2D eigenvalue weighted by Crippen LogP contribution is -2.20. The van der Waals surface area contributed by atoms with E-state index in [4.69, 9.17) is 5.11 Å². The molecule has 20 heavy (non-hydrogen) atoms. The van der Waals surface area contributed by atoms with Gasteiger partial charge in [-0.1, -0.05) is 23.9 Å². The fourth-order valence-corrected chi connectivity index (χ4v) is 2.25. The second kappa shape index (κ2) is 7.06. The normalized spacial score (nSPS) is 16.9. The molecular formula is C13H16N4O2S. The first-order chi connectivity index (χ1) is 9.69. The summed E-state index contributed by atoms with van der Waals surface area (Å²) in [7, 11) is 1.92. The third kappa shape index (κ3) is 4.07. The molecule has 0 radical (unpaired) electrons. The van der Waals surface area contributed by atoms with Crippen molar-refractivity contribution in [1.29, 1.82) is 0 Å². The van der Waals surface area contributed by atoms with Gasteiger partial charge in [0.25, 0.3) is 0 Å². The molecule has 7 heteroatoms. The number of aliphatic hydroxyl groups is 1. The minimum absolute atomic E-state index is 0.0415. The first-order valence-electron chi connectivity index (χ1n) is 6.15. The maximum atomic E-state index is 11.0. The molecule has 1 saturated heterocycles. The second-order valence-corrected chi connectivity index (χ2v) is 5.19. The number of likely N-dealkylation sites (N-methyl/N-ethyl adjacent to an activating group) is 1. The van der Waals surface area contributed by atoms with E-state index in [0.29, 0.717) is 17.5 Å². The molecule has 0 atom stereocenters. The molecular weight excluding hydrogens is 276 g/mol. The van der Waals surface area contributed by atoms with Crippen molar-refractivity contribution < 1.29 is 9.90 Å². The molecule has 6 nitrogen and oxygen atoms in total. The molecule has 1 heterocycles. The van der Waals surface area contributed by atoms with Crippen LogP contribution in [0.1, 0.15) is 5.56 Å². The number of amidine groups is 1. The first kappa shape index (κ1) is 14.5. The van der Waals surface area contributed by atoms with Crippen molar-refractivity contribution in [2.45, 2.75) is 0 Å². The van der Waals surface area contributed by atoms with Gasteiger partial charge >= 0.3 is 0 Å². The Labute approximate surface area is 121 Å². The molecule has 1 aromatic carbocycles. The van der Waals surface area contributed by atoms with Gasteiger partial charge in [-0.25, -0.2) is 0 Å². The summed E-state index contributed by atoms with van der Waals surface area (Å²) in [5, 5.41) is 19.9. The highest BCUT2D eigenvalue weighted by Gasteiger charge is 2.15. The van der Waals surface area contributed by atoms with Crippen LogP contribution >= 0.6 is 11.8 Å². The van der Waals surface area contributed by atoms with Gasteiger partial charge in [0.2, 0.25) is 5.91 Å². The van der Waals surface area contributed by atoms with E-state index >= 15 is 0 Å². The van der Waals surface area contributed by atoms with E-state index in [1.54, 1.807) is 6.21 Å². The van der Waals surface area contributed by atoms with Crippen LogP contribution in [0, 0.1) is 0 Å². The van der Waals surface area contributed by atoms with Gasteiger partial charge in [-0.15, -0.1) is 5.10 Å². The van der Waals surface area contributed by atoms with Crippen molar-refractivity contribution >= 4 is 34.7 Å². The number of carbonyl (C=O) groups excluding carboxylic acids is 1. The number of rotatable bonds is 5. The van der Waals surface area contributed by atoms with Gasteiger partial charge in [0.15, 0.2) is 5.17 Å². The van der Waals surface area contributed by atoms with Crippen LogP contribution in [0.15, 0.2) is 34.5 Å². The summed E-state index contributed by atoms with van der Waals surface area (Å²) in [4.78, 5) is 12.9. The number of aliphatic hydroxyl groups excluding tert-OH is 1. The Morgan fingerprint density at radius 1 is 1.45 bits per heavy atom. The average molecular weight is 292 g/mol. The molecule has 2 rings (SSSR count). The summed E-state index contributed by atoms with van der Waals surface area (Å²) in [6.45, 7) is 0.721. The summed E-state index contributed by atoms with van der Waals surface area (Å²) in [5.74, 6) is 0.362. The maximum Gasteiger partial charge on any atom is 0.236 e. The third-order valence-corrected chi connectivity index (χ3v) is 3.57. The third-order valence-electron chi connectivity index (χ3n) is 2.71. The molecule has 1 amide bonds. The predicted molar refractivity (Wildman–Crippen MR) is 82.4 cm³/mol. The van der Waals surface area contributed by atoms with Gasteiger partial charge in [0.05, 0.1) is 18.6 Å². The summed E-state index contributed by atoms with van der Waals surface area (Å²) in [5.41, 5.74) is 1.95. The van der Waals surface area contributed by atoms with E-state index in [2.05, 4.69) is 15.5 Å². The van der Waals surface area contributed by atoms with E-state index < -0.39 is 0 Å². The van der Waals surface area contributed by atoms with Crippen molar-refractivity contribution in [2.75, 3.05) is 30.9 Å². The SMILES string of the molecule is CN(CCO)c1ccc(C=NN=C2NC(=O)CS2)cc1. The molecule has 0 aromatic heterocycles. The molecule has 106 valence electrons. The van der Waals surface area contributed by atoms with E-state index in [9.17, 15) is 4.79 Å². The van der Waals surface area contributed by atoms with Crippen molar-refractivity contribution in [3.05, 3.63) is 29.8 Å². The Morgan fingerprint density at radius 2 is 2.20 bits per heavy atom.